The average Bonchev–Trinajstić information content (AvgIpc) is 3.11. The Morgan fingerprint density at radius 3 is 2.43 bits per heavy atom. The van der Waals surface area contributed by atoms with E-state index < -0.39 is 10.0 Å². The van der Waals surface area contributed by atoms with Crippen LogP contribution in [0.4, 0.5) is 5.69 Å². The third-order valence-corrected chi connectivity index (χ3v) is 5.44. The van der Waals surface area contributed by atoms with Crippen LogP contribution in [0.2, 0.25) is 0 Å². The molecule has 0 fully saturated rings. The number of hydrogen-bond acceptors (Lipinski definition) is 3. The minimum atomic E-state index is -3.62. The molecule has 1 aromatic heterocycles. The maximum absolute atomic E-state index is 12.7. The Hall–Kier alpha value is -2.60. The molecule has 1 heterocycles. The van der Waals surface area contributed by atoms with Crippen LogP contribution in [0.15, 0.2) is 71.9 Å². The van der Waals surface area contributed by atoms with Gasteiger partial charge in [-0.1, -0.05) is 48.5 Å². The monoisotopic (exact) mass is 327 g/mol. The standard InChI is InChI=1S/C17H17N3O2S/c1-20(23(21,22)16-12-18-19-13-16)17-10-6-5-9-15(17)11-14-7-3-2-4-8-14/h2-10,12-13H,11H2,1H3,(H,18,19). The van der Waals surface area contributed by atoms with E-state index in [0.717, 1.165) is 11.1 Å². The van der Waals surface area contributed by atoms with Crippen molar-refractivity contribution in [2.24, 2.45) is 0 Å². The van der Waals surface area contributed by atoms with Gasteiger partial charge in [0.15, 0.2) is 0 Å². The zero-order valence-corrected chi connectivity index (χ0v) is 13.5. The fourth-order valence-corrected chi connectivity index (χ4v) is 3.59. The van der Waals surface area contributed by atoms with E-state index in [1.165, 1.54) is 16.7 Å². The number of rotatable bonds is 5. The van der Waals surface area contributed by atoms with Gasteiger partial charge in [0.2, 0.25) is 0 Å². The summed E-state index contributed by atoms with van der Waals surface area (Å²) < 4.78 is 26.6. The number of nitrogens with one attached hydrogen (secondary N) is 1. The Morgan fingerprint density at radius 1 is 1.04 bits per heavy atom. The summed E-state index contributed by atoms with van der Waals surface area (Å²) in [6.45, 7) is 0. The molecule has 0 spiro atoms. The molecule has 0 unspecified atom stereocenters. The van der Waals surface area contributed by atoms with E-state index in [0.29, 0.717) is 12.1 Å². The first-order chi connectivity index (χ1) is 11.1. The molecule has 23 heavy (non-hydrogen) atoms. The van der Waals surface area contributed by atoms with Crippen LogP contribution >= 0.6 is 0 Å². The lowest BCUT2D eigenvalue weighted by Crippen LogP contribution is -2.27. The third kappa shape index (κ3) is 3.12. The van der Waals surface area contributed by atoms with E-state index in [2.05, 4.69) is 10.2 Å². The Kier molecular flexibility index (Phi) is 4.16. The van der Waals surface area contributed by atoms with Crippen LogP contribution in [0.25, 0.3) is 0 Å². The van der Waals surface area contributed by atoms with Gasteiger partial charge in [-0.05, 0) is 23.6 Å². The van der Waals surface area contributed by atoms with E-state index in [1.807, 2.05) is 54.6 Å². The summed E-state index contributed by atoms with van der Waals surface area (Å²) in [5, 5.41) is 6.26. The predicted octanol–water partition coefficient (Wildman–Crippen LogP) is 2.83. The lowest BCUT2D eigenvalue weighted by Gasteiger charge is -2.21. The van der Waals surface area contributed by atoms with Crippen molar-refractivity contribution in [3.05, 3.63) is 78.1 Å². The first-order valence-corrected chi connectivity index (χ1v) is 8.62. The zero-order chi connectivity index (χ0) is 16.3. The van der Waals surface area contributed by atoms with Gasteiger partial charge in [-0.2, -0.15) is 5.10 Å². The van der Waals surface area contributed by atoms with E-state index in [-0.39, 0.29) is 4.90 Å². The molecular formula is C17H17N3O2S. The summed E-state index contributed by atoms with van der Waals surface area (Å²) in [6.07, 6.45) is 3.36. The molecule has 0 bridgehead atoms. The number of aromatic amines is 1. The number of nitrogens with zero attached hydrogens (tertiary/aromatic N) is 2. The molecule has 0 aliphatic carbocycles. The molecule has 2 aromatic carbocycles. The fourth-order valence-electron chi connectivity index (χ4n) is 2.45. The predicted molar refractivity (Wildman–Crippen MR) is 89.9 cm³/mol. The van der Waals surface area contributed by atoms with Gasteiger partial charge in [-0.15, -0.1) is 0 Å². The number of H-pyrrole nitrogens is 1. The van der Waals surface area contributed by atoms with Gasteiger partial charge in [0, 0.05) is 13.2 Å². The molecule has 0 atom stereocenters. The second-order valence-electron chi connectivity index (χ2n) is 5.20. The Labute approximate surface area is 135 Å². The van der Waals surface area contributed by atoms with Crippen molar-refractivity contribution in [1.82, 2.24) is 10.2 Å². The van der Waals surface area contributed by atoms with Gasteiger partial charge in [-0.3, -0.25) is 9.40 Å². The molecule has 0 radical (unpaired) electrons. The SMILES string of the molecule is CN(c1ccccc1Cc1ccccc1)S(=O)(=O)c1cn[nH]c1. The lowest BCUT2D eigenvalue weighted by molar-refractivity contribution is 0.594. The summed E-state index contributed by atoms with van der Waals surface area (Å²) in [6, 6.07) is 17.5. The number of hydrogen-bond donors (Lipinski definition) is 1. The molecule has 0 saturated heterocycles. The number of benzene rings is 2. The Bertz CT molecular complexity index is 875. The quantitative estimate of drug-likeness (QED) is 0.783. The van der Waals surface area contributed by atoms with Gasteiger partial charge >= 0.3 is 0 Å². The lowest BCUT2D eigenvalue weighted by atomic mass is 10.0. The summed E-state index contributed by atoms with van der Waals surface area (Å²) in [7, 11) is -2.06. The Morgan fingerprint density at radius 2 is 1.74 bits per heavy atom. The molecular weight excluding hydrogens is 310 g/mol. The van der Waals surface area contributed by atoms with Crippen molar-refractivity contribution >= 4 is 15.7 Å². The number of para-hydroxylation sites is 1. The molecule has 6 heteroatoms. The van der Waals surface area contributed by atoms with Gasteiger partial charge in [0.25, 0.3) is 10.0 Å². The maximum atomic E-state index is 12.7. The van der Waals surface area contributed by atoms with Crippen LogP contribution in [-0.2, 0) is 16.4 Å². The van der Waals surface area contributed by atoms with Crippen LogP contribution in [0, 0.1) is 0 Å². The summed E-state index contributed by atoms with van der Waals surface area (Å²) >= 11 is 0. The number of aromatic nitrogens is 2. The van der Waals surface area contributed by atoms with Crippen LogP contribution in [0.1, 0.15) is 11.1 Å². The number of sulfonamides is 1. The molecule has 0 aliphatic heterocycles. The van der Waals surface area contributed by atoms with Crippen molar-refractivity contribution in [1.29, 1.82) is 0 Å². The highest BCUT2D eigenvalue weighted by atomic mass is 32.2. The number of anilines is 1. The summed E-state index contributed by atoms with van der Waals surface area (Å²) in [5.74, 6) is 0. The second-order valence-corrected chi connectivity index (χ2v) is 7.17. The first kappa shape index (κ1) is 15.3. The molecule has 0 amide bonds. The van der Waals surface area contributed by atoms with Gasteiger partial charge < -0.3 is 0 Å². The summed E-state index contributed by atoms with van der Waals surface area (Å²) in [5.41, 5.74) is 2.75. The van der Waals surface area contributed by atoms with Gasteiger partial charge in [0.05, 0.1) is 11.9 Å². The van der Waals surface area contributed by atoms with Crippen LogP contribution in [0.3, 0.4) is 0 Å². The smallest absolute Gasteiger partial charge is 0.267 e. The highest BCUT2D eigenvalue weighted by molar-refractivity contribution is 7.92. The summed E-state index contributed by atoms with van der Waals surface area (Å²) in [4.78, 5) is 0.148. The van der Waals surface area contributed by atoms with E-state index in [1.54, 1.807) is 7.05 Å². The highest BCUT2D eigenvalue weighted by Crippen LogP contribution is 2.26. The van der Waals surface area contributed by atoms with Gasteiger partial charge in [-0.25, -0.2) is 8.42 Å². The largest absolute Gasteiger partial charge is 0.284 e. The normalized spacial score (nSPS) is 11.3. The van der Waals surface area contributed by atoms with Crippen molar-refractivity contribution in [2.75, 3.05) is 11.4 Å². The minimum absolute atomic E-state index is 0.148. The zero-order valence-electron chi connectivity index (χ0n) is 12.7. The fraction of sp³-hybridized carbons (Fsp3) is 0.118. The second kappa shape index (κ2) is 6.26. The molecule has 3 rings (SSSR count). The van der Waals surface area contributed by atoms with Crippen LogP contribution in [-0.4, -0.2) is 25.7 Å². The van der Waals surface area contributed by atoms with E-state index >= 15 is 0 Å². The van der Waals surface area contributed by atoms with Crippen molar-refractivity contribution < 1.29 is 8.42 Å². The van der Waals surface area contributed by atoms with Crippen LogP contribution < -0.4 is 4.31 Å². The van der Waals surface area contributed by atoms with Crippen LogP contribution in [0.5, 0.6) is 0 Å². The molecule has 0 saturated carbocycles. The Balaban J connectivity index is 1.97. The molecule has 0 aliphatic rings. The van der Waals surface area contributed by atoms with Crippen molar-refractivity contribution in [3.8, 4) is 0 Å². The van der Waals surface area contributed by atoms with E-state index in [4.69, 9.17) is 0 Å². The molecule has 1 N–H and O–H groups in total. The third-order valence-electron chi connectivity index (χ3n) is 3.70. The molecule has 118 valence electrons. The van der Waals surface area contributed by atoms with E-state index in [9.17, 15) is 8.42 Å². The minimum Gasteiger partial charge on any atom is -0.284 e. The van der Waals surface area contributed by atoms with Gasteiger partial charge in [0.1, 0.15) is 4.90 Å². The topological polar surface area (TPSA) is 66.1 Å². The molecule has 5 nitrogen and oxygen atoms in total. The van der Waals surface area contributed by atoms with Crippen molar-refractivity contribution in [3.63, 3.8) is 0 Å². The average molecular weight is 327 g/mol. The molecule has 3 aromatic rings. The first-order valence-electron chi connectivity index (χ1n) is 7.18. The van der Waals surface area contributed by atoms with Crippen molar-refractivity contribution in [2.45, 2.75) is 11.3 Å². The highest BCUT2D eigenvalue weighted by Gasteiger charge is 2.23. The maximum Gasteiger partial charge on any atom is 0.267 e.